The molecule has 0 aromatic heterocycles. The van der Waals surface area contributed by atoms with Crippen molar-refractivity contribution in [3.05, 3.63) is 89.0 Å². The molecule has 30 heavy (non-hydrogen) atoms. The molecule has 1 aliphatic heterocycles. The minimum Gasteiger partial charge on any atom is -0.490 e. The molecule has 1 aliphatic rings. The summed E-state index contributed by atoms with van der Waals surface area (Å²) in [4.78, 5) is 4.30. The van der Waals surface area contributed by atoms with Crippen molar-refractivity contribution in [1.82, 2.24) is 0 Å². The fourth-order valence-electron chi connectivity index (χ4n) is 2.99. The van der Waals surface area contributed by atoms with Gasteiger partial charge < -0.3 is 14.2 Å². The van der Waals surface area contributed by atoms with Crippen molar-refractivity contribution in [2.24, 2.45) is 4.99 Å². The van der Waals surface area contributed by atoms with Crippen LogP contribution in [0.15, 0.2) is 71.7 Å². The number of rotatable bonds is 7. The molecule has 7 heteroatoms. The molecule has 3 aromatic carbocycles. The van der Waals surface area contributed by atoms with Gasteiger partial charge in [0.1, 0.15) is 29.6 Å². The van der Waals surface area contributed by atoms with E-state index in [1.807, 2.05) is 12.1 Å². The summed E-state index contributed by atoms with van der Waals surface area (Å²) in [5, 5.41) is 0.626. The Bertz CT molecular complexity index is 1040. The van der Waals surface area contributed by atoms with Crippen LogP contribution in [0.3, 0.4) is 0 Å². The highest BCUT2D eigenvalue weighted by Gasteiger charge is 2.25. The van der Waals surface area contributed by atoms with Gasteiger partial charge in [-0.05, 0) is 48.5 Å². The molecule has 0 saturated heterocycles. The van der Waals surface area contributed by atoms with Gasteiger partial charge in [-0.1, -0.05) is 29.8 Å². The molecular weight excluding hydrogens is 412 g/mol. The highest BCUT2D eigenvalue weighted by molar-refractivity contribution is 6.30. The van der Waals surface area contributed by atoms with Crippen molar-refractivity contribution in [3.8, 4) is 17.2 Å². The Hall–Kier alpha value is -3.12. The Morgan fingerprint density at radius 3 is 2.37 bits per heavy atom. The fraction of sp³-hybridized carbons (Fsp3) is 0.174. The Kier molecular flexibility index (Phi) is 6.14. The van der Waals surface area contributed by atoms with Gasteiger partial charge in [0, 0.05) is 11.4 Å². The Labute approximate surface area is 177 Å². The lowest BCUT2D eigenvalue weighted by molar-refractivity contribution is 0.259. The van der Waals surface area contributed by atoms with Crippen molar-refractivity contribution >= 4 is 17.5 Å². The Balaban J connectivity index is 1.37. The van der Waals surface area contributed by atoms with E-state index in [0.29, 0.717) is 35.3 Å². The van der Waals surface area contributed by atoms with Crippen molar-refractivity contribution in [3.63, 3.8) is 0 Å². The predicted molar refractivity (Wildman–Crippen MR) is 111 cm³/mol. The average Bonchev–Trinajstić information content (AvgIpc) is 3.19. The van der Waals surface area contributed by atoms with Gasteiger partial charge in [0.25, 0.3) is 0 Å². The van der Waals surface area contributed by atoms with Crippen LogP contribution < -0.4 is 9.47 Å². The monoisotopic (exact) mass is 429 g/mol. The SMILES string of the molecule is Fc1cccc(F)c1C1=NC(CCOc2ccccc2Oc2ccc(Cl)cc2)CO1. The second-order valence-corrected chi connectivity index (χ2v) is 7.07. The smallest absolute Gasteiger partial charge is 0.222 e. The first-order chi connectivity index (χ1) is 14.6. The van der Waals surface area contributed by atoms with Gasteiger partial charge in [0.15, 0.2) is 11.5 Å². The summed E-state index contributed by atoms with van der Waals surface area (Å²) >= 11 is 5.90. The van der Waals surface area contributed by atoms with Crippen LogP contribution >= 0.6 is 11.6 Å². The minimum atomic E-state index is -0.695. The second-order valence-electron chi connectivity index (χ2n) is 6.64. The molecule has 0 spiro atoms. The van der Waals surface area contributed by atoms with E-state index in [1.165, 1.54) is 18.2 Å². The van der Waals surface area contributed by atoms with E-state index in [1.54, 1.807) is 36.4 Å². The van der Waals surface area contributed by atoms with E-state index in [-0.39, 0.29) is 24.1 Å². The third-order valence-electron chi connectivity index (χ3n) is 4.49. The number of hydrogen-bond acceptors (Lipinski definition) is 4. The van der Waals surface area contributed by atoms with Gasteiger partial charge in [-0.3, -0.25) is 0 Å². The van der Waals surface area contributed by atoms with Gasteiger partial charge >= 0.3 is 0 Å². The number of benzene rings is 3. The maximum Gasteiger partial charge on any atom is 0.222 e. The van der Waals surface area contributed by atoms with Crippen LogP contribution in [0.4, 0.5) is 8.78 Å². The van der Waals surface area contributed by atoms with Gasteiger partial charge in [-0.25, -0.2) is 13.8 Å². The summed E-state index contributed by atoms with van der Waals surface area (Å²) in [6.45, 7) is 0.584. The zero-order chi connectivity index (χ0) is 20.9. The first kappa shape index (κ1) is 20.2. The molecule has 0 amide bonds. The Morgan fingerprint density at radius 1 is 0.933 bits per heavy atom. The number of halogens is 3. The van der Waals surface area contributed by atoms with Gasteiger partial charge in [0.05, 0.1) is 12.6 Å². The quantitative estimate of drug-likeness (QED) is 0.460. The van der Waals surface area contributed by atoms with Crippen molar-refractivity contribution in [2.45, 2.75) is 12.5 Å². The highest BCUT2D eigenvalue weighted by atomic mass is 35.5. The van der Waals surface area contributed by atoms with Crippen LogP contribution in [0, 0.1) is 11.6 Å². The third-order valence-corrected chi connectivity index (χ3v) is 4.74. The summed E-state index contributed by atoms with van der Waals surface area (Å²) in [5.74, 6) is 0.386. The molecule has 154 valence electrons. The van der Waals surface area contributed by atoms with E-state index in [0.717, 1.165) is 0 Å². The normalized spacial score (nSPS) is 15.4. The molecular formula is C23H18ClF2NO3. The molecule has 0 N–H and O–H groups in total. The van der Waals surface area contributed by atoms with Crippen molar-refractivity contribution in [1.29, 1.82) is 0 Å². The van der Waals surface area contributed by atoms with Crippen LogP contribution in [-0.2, 0) is 4.74 Å². The first-order valence-electron chi connectivity index (χ1n) is 9.40. The lowest BCUT2D eigenvalue weighted by atomic mass is 10.2. The molecule has 1 atom stereocenters. The number of nitrogens with zero attached hydrogens (tertiary/aromatic N) is 1. The minimum absolute atomic E-state index is 0.0120. The lowest BCUT2D eigenvalue weighted by Crippen LogP contribution is -2.12. The lowest BCUT2D eigenvalue weighted by Gasteiger charge is -2.13. The first-order valence-corrected chi connectivity index (χ1v) is 9.78. The summed E-state index contributed by atoms with van der Waals surface area (Å²) in [6, 6.07) is 17.8. The van der Waals surface area contributed by atoms with Gasteiger partial charge in [-0.2, -0.15) is 0 Å². The highest BCUT2D eigenvalue weighted by Crippen LogP contribution is 2.32. The number of hydrogen-bond donors (Lipinski definition) is 0. The second kappa shape index (κ2) is 9.13. The summed E-state index contributed by atoms with van der Waals surface area (Å²) in [5.41, 5.74) is -0.234. The standard InChI is InChI=1S/C23H18ClF2NO3/c24-15-8-10-17(11-9-15)30-21-7-2-1-6-20(21)28-13-12-16-14-29-23(27-16)22-18(25)4-3-5-19(22)26/h1-11,16H,12-14H2. The summed E-state index contributed by atoms with van der Waals surface area (Å²) < 4.78 is 44.9. The molecule has 4 rings (SSSR count). The summed E-state index contributed by atoms with van der Waals surface area (Å²) in [6.07, 6.45) is 0.523. The summed E-state index contributed by atoms with van der Waals surface area (Å²) in [7, 11) is 0. The molecule has 0 aliphatic carbocycles. The van der Waals surface area contributed by atoms with Crippen molar-refractivity contribution in [2.75, 3.05) is 13.2 Å². The number of aliphatic imine (C=N–C) groups is 1. The van der Waals surface area contributed by atoms with Crippen molar-refractivity contribution < 1.29 is 23.0 Å². The number of ether oxygens (including phenoxy) is 3. The fourth-order valence-corrected chi connectivity index (χ4v) is 3.12. The average molecular weight is 430 g/mol. The van der Waals surface area contributed by atoms with Crippen LogP contribution in [-0.4, -0.2) is 25.2 Å². The molecule has 0 radical (unpaired) electrons. The molecule has 0 fully saturated rings. The number of para-hydroxylation sites is 2. The predicted octanol–water partition coefficient (Wildman–Crippen LogP) is 6.03. The zero-order valence-corrected chi connectivity index (χ0v) is 16.6. The molecule has 0 saturated carbocycles. The maximum atomic E-state index is 13.9. The van der Waals surface area contributed by atoms with Crippen LogP contribution in [0.1, 0.15) is 12.0 Å². The molecule has 1 unspecified atom stereocenters. The molecule has 1 heterocycles. The molecule has 4 nitrogen and oxygen atoms in total. The van der Waals surface area contributed by atoms with Crippen LogP contribution in [0.2, 0.25) is 5.02 Å². The van der Waals surface area contributed by atoms with Crippen LogP contribution in [0.25, 0.3) is 0 Å². The van der Waals surface area contributed by atoms with E-state index >= 15 is 0 Å². The maximum absolute atomic E-state index is 13.9. The third kappa shape index (κ3) is 4.71. The molecule has 3 aromatic rings. The molecule has 0 bridgehead atoms. The zero-order valence-electron chi connectivity index (χ0n) is 15.9. The van der Waals surface area contributed by atoms with Crippen LogP contribution in [0.5, 0.6) is 17.2 Å². The van der Waals surface area contributed by atoms with E-state index < -0.39 is 11.6 Å². The van der Waals surface area contributed by atoms with E-state index in [9.17, 15) is 8.78 Å². The largest absolute Gasteiger partial charge is 0.490 e. The van der Waals surface area contributed by atoms with E-state index in [2.05, 4.69) is 4.99 Å². The van der Waals surface area contributed by atoms with Gasteiger partial charge in [-0.15, -0.1) is 0 Å². The van der Waals surface area contributed by atoms with Gasteiger partial charge in [0.2, 0.25) is 5.90 Å². The van der Waals surface area contributed by atoms with E-state index in [4.69, 9.17) is 25.8 Å². The topological polar surface area (TPSA) is 40.0 Å². The Morgan fingerprint density at radius 2 is 1.63 bits per heavy atom.